The number of carboxylic acids is 1. The molecular formula is C18H26O4. The number of aliphatic hydroxyl groups is 1. The first-order valence-electron chi connectivity index (χ1n) is 7.99. The monoisotopic (exact) mass is 306 g/mol. The molecule has 0 saturated heterocycles. The lowest BCUT2D eigenvalue weighted by Gasteiger charge is -2.12. The number of allylic oxidation sites excluding steroid dienone is 4. The minimum absolute atomic E-state index is 0.115. The summed E-state index contributed by atoms with van der Waals surface area (Å²) in [5.74, 6) is -0.518. The van der Waals surface area contributed by atoms with Gasteiger partial charge in [-0.2, -0.15) is 0 Å². The molecule has 0 bridgehead atoms. The van der Waals surface area contributed by atoms with Crippen LogP contribution >= 0.6 is 0 Å². The summed E-state index contributed by atoms with van der Waals surface area (Å²) >= 11 is 0. The summed E-state index contributed by atoms with van der Waals surface area (Å²) in [4.78, 5) is 22.0. The molecule has 0 aromatic rings. The van der Waals surface area contributed by atoms with Gasteiger partial charge in [0, 0.05) is 12.3 Å². The molecule has 1 aliphatic carbocycles. The van der Waals surface area contributed by atoms with Crippen LogP contribution in [0.2, 0.25) is 0 Å². The number of carbonyl (C=O) groups is 2. The Morgan fingerprint density at radius 3 is 2.82 bits per heavy atom. The molecule has 0 aromatic heterocycles. The Hall–Kier alpha value is -1.68. The zero-order valence-corrected chi connectivity index (χ0v) is 13.1. The maximum absolute atomic E-state index is 11.7. The molecule has 0 aliphatic heterocycles. The van der Waals surface area contributed by atoms with Crippen molar-refractivity contribution in [1.29, 1.82) is 0 Å². The van der Waals surface area contributed by atoms with Crippen LogP contribution in [0.15, 0.2) is 36.5 Å². The number of carbonyl (C=O) groups excluding carboxylic acids is 1. The van der Waals surface area contributed by atoms with Gasteiger partial charge in [-0.05, 0) is 44.1 Å². The van der Waals surface area contributed by atoms with E-state index in [4.69, 9.17) is 5.11 Å². The lowest BCUT2D eigenvalue weighted by Crippen LogP contribution is -2.13. The Kier molecular flexibility index (Phi) is 8.44. The van der Waals surface area contributed by atoms with Crippen molar-refractivity contribution < 1.29 is 19.8 Å². The third-order valence-corrected chi connectivity index (χ3v) is 3.87. The third-order valence-electron chi connectivity index (χ3n) is 3.87. The Morgan fingerprint density at radius 2 is 2.14 bits per heavy atom. The topological polar surface area (TPSA) is 74.6 Å². The summed E-state index contributed by atoms with van der Waals surface area (Å²) in [5.41, 5.74) is 0. The van der Waals surface area contributed by atoms with E-state index in [1.165, 1.54) is 0 Å². The van der Waals surface area contributed by atoms with Crippen LogP contribution in [0.3, 0.4) is 0 Å². The fourth-order valence-corrected chi connectivity index (χ4v) is 2.51. The molecule has 0 spiro atoms. The SMILES string of the molecule is CC[C@@H]1C=CC(=O)[C@@H]1/C=C/[C@H](O)C/C=C\CCCCC(=O)O. The molecule has 2 N–H and O–H groups in total. The van der Waals surface area contributed by atoms with Gasteiger partial charge in [0.15, 0.2) is 5.78 Å². The molecule has 0 fully saturated rings. The second kappa shape index (κ2) is 10.1. The van der Waals surface area contributed by atoms with E-state index >= 15 is 0 Å². The first-order valence-corrected chi connectivity index (χ1v) is 7.99. The van der Waals surface area contributed by atoms with E-state index in [0.29, 0.717) is 12.8 Å². The van der Waals surface area contributed by atoms with E-state index in [-0.39, 0.29) is 24.0 Å². The highest BCUT2D eigenvalue weighted by molar-refractivity contribution is 5.95. The molecule has 0 heterocycles. The first-order chi connectivity index (χ1) is 10.5. The van der Waals surface area contributed by atoms with Gasteiger partial charge in [0.2, 0.25) is 0 Å². The van der Waals surface area contributed by atoms with Crippen molar-refractivity contribution >= 4 is 11.8 Å². The lowest BCUT2D eigenvalue weighted by atomic mass is 9.92. The number of aliphatic carboxylic acids is 1. The number of rotatable bonds is 10. The molecular weight excluding hydrogens is 280 g/mol. The van der Waals surface area contributed by atoms with Gasteiger partial charge in [0.05, 0.1) is 6.10 Å². The molecule has 3 atom stereocenters. The van der Waals surface area contributed by atoms with Gasteiger partial charge in [-0.3, -0.25) is 9.59 Å². The number of unbranched alkanes of at least 4 members (excludes halogenated alkanes) is 2. The van der Waals surface area contributed by atoms with Crippen molar-refractivity contribution in [2.75, 3.05) is 0 Å². The molecule has 0 saturated carbocycles. The van der Waals surface area contributed by atoms with Gasteiger partial charge < -0.3 is 10.2 Å². The Bertz CT molecular complexity index is 448. The van der Waals surface area contributed by atoms with Gasteiger partial charge in [-0.25, -0.2) is 0 Å². The van der Waals surface area contributed by atoms with Crippen LogP contribution in [-0.4, -0.2) is 28.1 Å². The molecule has 0 radical (unpaired) electrons. The standard InChI is InChI=1S/C18H26O4/c1-2-14-10-13-17(20)16(14)12-11-15(19)8-6-4-3-5-7-9-18(21)22/h4,6,10-16,19H,2-3,5,7-9H2,1H3,(H,21,22)/b6-4-,12-11+/t14-,15-,16-/m1/s1. The van der Waals surface area contributed by atoms with Crippen LogP contribution in [0, 0.1) is 11.8 Å². The molecule has 1 aliphatic rings. The molecule has 4 heteroatoms. The largest absolute Gasteiger partial charge is 0.481 e. The molecule has 1 rings (SSSR count). The number of carboxylic acid groups (broad SMARTS) is 1. The smallest absolute Gasteiger partial charge is 0.303 e. The summed E-state index contributed by atoms with van der Waals surface area (Å²) in [6.45, 7) is 2.05. The highest BCUT2D eigenvalue weighted by atomic mass is 16.4. The predicted molar refractivity (Wildman–Crippen MR) is 86.4 cm³/mol. The minimum atomic E-state index is -0.758. The van der Waals surface area contributed by atoms with Crippen molar-refractivity contribution in [3.8, 4) is 0 Å². The number of hydrogen-bond acceptors (Lipinski definition) is 3. The molecule has 22 heavy (non-hydrogen) atoms. The fraction of sp³-hybridized carbons (Fsp3) is 0.556. The van der Waals surface area contributed by atoms with E-state index in [9.17, 15) is 14.7 Å². The lowest BCUT2D eigenvalue weighted by molar-refractivity contribution is -0.137. The molecule has 0 amide bonds. The van der Waals surface area contributed by atoms with Gasteiger partial charge >= 0.3 is 5.97 Å². The minimum Gasteiger partial charge on any atom is -0.481 e. The van der Waals surface area contributed by atoms with Crippen molar-refractivity contribution in [2.24, 2.45) is 11.8 Å². The van der Waals surface area contributed by atoms with Crippen LogP contribution in [0.4, 0.5) is 0 Å². The van der Waals surface area contributed by atoms with Crippen LogP contribution in [0.1, 0.15) is 45.4 Å². The first kappa shape index (κ1) is 18.4. The zero-order valence-electron chi connectivity index (χ0n) is 13.1. The highest BCUT2D eigenvalue weighted by Crippen LogP contribution is 2.26. The summed E-state index contributed by atoms with van der Waals surface area (Å²) in [5, 5.41) is 18.4. The van der Waals surface area contributed by atoms with E-state index in [1.807, 2.05) is 24.3 Å². The van der Waals surface area contributed by atoms with Crippen molar-refractivity contribution in [1.82, 2.24) is 0 Å². The maximum Gasteiger partial charge on any atom is 0.303 e. The van der Waals surface area contributed by atoms with Gasteiger partial charge in [0.1, 0.15) is 0 Å². The van der Waals surface area contributed by atoms with E-state index < -0.39 is 12.1 Å². The summed E-state index contributed by atoms with van der Waals surface area (Å²) in [6, 6.07) is 0. The quantitative estimate of drug-likeness (QED) is 0.480. The molecule has 0 unspecified atom stereocenters. The van der Waals surface area contributed by atoms with Crippen LogP contribution in [0.25, 0.3) is 0 Å². The Morgan fingerprint density at radius 1 is 1.36 bits per heavy atom. The Balaban J connectivity index is 2.22. The summed E-state index contributed by atoms with van der Waals surface area (Å²) in [7, 11) is 0. The summed E-state index contributed by atoms with van der Waals surface area (Å²) in [6.07, 6.45) is 14.4. The summed E-state index contributed by atoms with van der Waals surface area (Å²) < 4.78 is 0. The van der Waals surface area contributed by atoms with Crippen molar-refractivity contribution in [3.05, 3.63) is 36.5 Å². The number of ketones is 1. The molecule has 0 aromatic carbocycles. The fourth-order valence-electron chi connectivity index (χ4n) is 2.51. The second-order valence-electron chi connectivity index (χ2n) is 5.66. The average molecular weight is 306 g/mol. The van der Waals surface area contributed by atoms with Gasteiger partial charge in [-0.1, -0.05) is 37.3 Å². The highest BCUT2D eigenvalue weighted by Gasteiger charge is 2.26. The van der Waals surface area contributed by atoms with Crippen LogP contribution in [-0.2, 0) is 9.59 Å². The second-order valence-corrected chi connectivity index (χ2v) is 5.66. The van der Waals surface area contributed by atoms with Crippen molar-refractivity contribution in [3.63, 3.8) is 0 Å². The molecule has 4 nitrogen and oxygen atoms in total. The third kappa shape index (κ3) is 6.85. The predicted octanol–water partition coefficient (Wildman–Crippen LogP) is 3.28. The molecule has 122 valence electrons. The van der Waals surface area contributed by atoms with E-state index in [2.05, 4.69) is 6.92 Å². The number of aliphatic hydroxyl groups excluding tert-OH is 1. The van der Waals surface area contributed by atoms with E-state index in [0.717, 1.165) is 19.3 Å². The maximum atomic E-state index is 11.7. The van der Waals surface area contributed by atoms with Gasteiger partial charge in [-0.15, -0.1) is 0 Å². The zero-order chi connectivity index (χ0) is 16.4. The van der Waals surface area contributed by atoms with Crippen molar-refractivity contribution in [2.45, 2.75) is 51.6 Å². The van der Waals surface area contributed by atoms with E-state index in [1.54, 1.807) is 12.2 Å². The average Bonchev–Trinajstić information content (AvgIpc) is 2.84. The normalized spacial score (nSPS) is 22.9. The van der Waals surface area contributed by atoms with Crippen LogP contribution in [0.5, 0.6) is 0 Å². The van der Waals surface area contributed by atoms with Gasteiger partial charge in [0.25, 0.3) is 0 Å². The number of hydrogen-bond donors (Lipinski definition) is 2. The Labute approximate surface area is 132 Å². The van der Waals surface area contributed by atoms with Crippen LogP contribution < -0.4 is 0 Å².